The van der Waals surface area contributed by atoms with Crippen molar-refractivity contribution in [2.75, 3.05) is 26.3 Å². The molecule has 1 aliphatic heterocycles. The van der Waals surface area contributed by atoms with Crippen LogP contribution < -0.4 is 5.73 Å². The molecule has 0 bridgehead atoms. The summed E-state index contributed by atoms with van der Waals surface area (Å²) < 4.78 is 52.6. The highest BCUT2D eigenvalue weighted by atomic mass is 19.3. The van der Waals surface area contributed by atoms with Crippen LogP contribution in [-0.4, -0.2) is 55.5 Å². The largest absolute Gasteiger partial charge is 0.365 e. The van der Waals surface area contributed by atoms with Gasteiger partial charge in [-0.2, -0.15) is 8.78 Å². The Labute approximate surface area is 95.7 Å². The number of nitrogens with two attached hydrogens (primary N) is 1. The van der Waals surface area contributed by atoms with Gasteiger partial charge in [-0.05, 0) is 6.42 Å². The average molecular weight is 258 g/mol. The van der Waals surface area contributed by atoms with E-state index in [-0.39, 0.29) is 6.04 Å². The number of rotatable bonds is 5. The summed E-state index contributed by atoms with van der Waals surface area (Å²) in [6, 6.07) is -0.124. The Bertz CT molecular complexity index is 276. The molecule has 0 aromatic heterocycles. The van der Waals surface area contributed by atoms with Crippen LogP contribution in [0.2, 0.25) is 0 Å². The minimum absolute atomic E-state index is 0.124. The summed E-state index contributed by atoms with van der Waals surface area (Å²) in [5, 5.41) is 0. The zero-order valence-corrected chi connectivity index (χ0v) is 9.04. The quantitative estimate of drug-likeness (QED) is 0.729. The molecule has 0 aromatic rings. The van der Waals surface area contributed by atoms with Crippen molar-refractivity contribution in [3.05, 3.63) is 0 Å². The number of hydrogen-bond acceptors (Lipinski definition) is 3. The van der Waals surface area contributed by atoms with Gasteiger partial charge in [0.05, 0.1) is 0 Å². The fraction of sp³-hybridized carbons (Fsp3) is 0.889. The molecule has 1 fully saturated rings. The first-order valence-electron chi connectivity index (χ1n) is 5.10. The van der Waals surface area contributed by atoms with Crippen LogP contribution >= 0.6 is 0 Å². The van der Waals surface area contributed by atoms with E-state index in [0.29, 0.717) is 19.5 Å². The summed E-state index contributed by atoms with van der Waals surface area (Å²) in [5.41, 5.74) is 5.55. The third-order valence-corrected chi connectivity index (χ3v) is 2.42. The number of alkyl halides is 4. The van der Waals surface area contributed by atoms with Crippen molar-refractivity contribution >= 4 is 5.91 Å². The van der Waals surface area contributed by atoms with Crippen LogP contribution in [-0.2, 0) is 9.53 Å². The van der Waals surface area contributed by atoms with Crippen LogP contribution in [0.3, 0.4) is 0 Å². The first kappa shape index (κ1) is 14.2. The lowest BCUT2D eigenvalue weighted by Gasteiger charge is -2.18. The third-order valence-electron chi connectivity index (χ3n) is 2.42. The SMILES string of the molecule is NC1CCN(C(=O)COCC(F)(F)C(F)F)C1. The highest BCUT2D eigenvalue weighted by Crippen LogP contribution is 2.22. The molecule has 1 amide bonds. The summed E-state index contributed by atoms with van der Waals surface area (Å²) in [4.78, 5) is 12.7. The molecule has 1 aliphatic rings. The maximum atomic E-state index is 12.4. The molecule has 100 valence electrons. The van der Waals surface area contributed by atoms with Gasteiger partial charge in [-0.25, -0.2) is 8.78 Å². The Hall–Kier alpha value is -0.890. The molecule has 1 atom stereocenters. The van der Waals surface area contributed by atoms with Gasteiger partial charge in [-0.3, -0.25) is 4.79 Å². The molecular formula is C9H14F4N2O2. The van der Waals surface area contributed by atoms with Crippen molar-refractivity contribution in [3.63, 3.8) is 0 Å². The molecule has 0 aromatic carbocycles. The van der Waals surface area contributed by atoms with E-state index in [9.17, 15) is 22.4 Å². The van der Waals surface area contributed by atoms with Crippen LogP contribution in [0.25, 0.3) is 0 Å². The Kier molecular flexibility index (Phi) is 4.70. The van der Waals surface area contributed by atoms with Gasteiger partial charge in [0.15, 0.2) is 0 Å². The zero-order chi connectivity index (χ0) is 13.1. The fourth-order valence-electron chi connectivity index (χ4n) is 1.44. The number of carbonyl (C=O) groups excluding carboxylic acids is 1. The van der Waals surface area contributed by atoms with E-state index >= 15 is 0 Å². The number of ether oxygens (including phenoxy) is 1. The second kappa shape index (κ2) is 5.63. The van der Waals surface area contributed by atoms with Crippen molar-refractivity contribution in [2.24, 2.45) is 5.73 Å². The van der Waals surface area contributed by atoms with E-state index in [2.05, 4.69) is 4.74 Å². The average Bonchev–Trinajstić information content (AvgIpc) is 2.64. The standard InChI is InChI=1S/C9H14F4N2O2/c10-8(11)9(12,13)5-17-4-7(16)15-2-1-6(14)3-15/h6,8H,1-5,14H2. The number of likely N-dealkylation sites (tertiary alicyclic amines) is 1. The Morgan fingerprint density at radius 2 is 2.18 bits per heavy atom. The predicted octanol–water partition coefficient (Wildman–Crippen LogP) is 0.463. The first-order chi connectivity index (χ1) is 7.83. The summed E-state index contributed by atoms with van der Waals surface area (Å²) in [6.07, 6.45) is -3.16. The molecule has 1 rings (SSSR count). The monoisotopic (exact) mass is 258 g/mol. The van der Waals surface area contributed by atoms with Gasteiger partial charge in [0.2, 0.25) is 5.91 Å². The lowest BCUT2D eigenvalue weighted by molar-refractivity contribution is -0.170. The topological polar surface area (TPSA) is 55.6 Å². The van der Waals surface area contributed by atoms with E-state index in [1.54, 1.807) is 0 Å². The summed E-state index contributed by atoms with van der Waals surface area (Å²) >= 11 is 0. The molecule has 8 heteroatoms. The molecular weight excluding hydrogens is 244 g/mol. The molecule has 0 aliphatic carbocycles. The second-order valence-corrected chi connectivity index (χ2v) is 3.94. The van der Waals surface area contributed by atoms with Gasteiger partial charge < -0.3 is 15.4 Å². The van der Waals surface area contributed by atoms with Crippen LogP contribution in [0.5, 0.6) is 0 Å². The fourth-order valence-corrected chi connectivity index (χ4v) is 1.44. The van der Waals surface area contributed by atoms with Crippen LogP contribution in [0, 0.1) is 0 Å². The highest BCUT2D eigenvalue weighted by molar-refractivity contribution is 5.77. The molecule has 0 saturated carbocycles. The molecule has 0 spiro atoms. The van der Waals surface area contributed by atoms with Crippen LogP contribution in [0.1, 0.15) is 6.42 Å². The minimum atomic E-state index is -4.22. The van der Waals surface area contributed by atoms with Crippen molar-refractivity contribution in [3.8, 4) is 0 Å². The van der Waals surface area contributed by atoms with Crippen molar-refractivity contribution in [1.82, 2.24) is 4.90 Å². The lowest BCUT2D eigenvalue weighted by atomic mass is 10.3. The number of nitrogens with zero attached hydrogens (tertiary/aromatic N) is 1. The molecule has 1 heterocycles. The minimum Gasteiger partial charge on any atom is -0.365 e. The molecule has 1 unspecified atom stereocenters. The molecule has 4 nitrogen and oxygen atoms in total. The van der Waals surface area contributed by atoms with Gasteiger partial charge in [0, 0.05) is 19.1 Å². The molecule has 17 heavy (non-hydrogen) atoms. The molecule has 1 saturated heterocycles. The normalized spacial score (nSPS) is 21.3. The molecule has 2 N–H and O–H groups in total. The number of hydrogen-bond donors (Lipinski definition) is 1. The number of halogens is 4. The Morgan fingerprint density at radius 3 is 2.65 bits per heavy atom. The Morgan fingerprint density at radius 1 is 1.53 bits per heavy atom. The van der Waals surface area contributed by atoms with Gasteiger partial charge in [-0.1, -0.05) is 0 Å². The van der Waals surface area contributed by atoms with Crippen LogP contribution in [0.4, 0.5) is 17.6 Å². The van der Waals surface area contributed by atoms with Gasteiger partial charge in [0.25, 0.3) is 0 Å². The van der Waals surface area contributed by atoms with Crippen LogP contribution in [0.15, 0.2) is 0 Å². The van der Waals surface area contributed by atoms with E-state index in [0.717, 1.165) is 0 Å². The van der Waals surface area contributed by atoms with E-state index < -0.39 is 31.5 Å². The Balaban J connectivity index is 2.25. The second-order valence-electron chi connectivity index (χ2n) is 3.94. The zero-order valence-electron chi connectivity index (χ0n) is 9.04. The summed E-state index contributed by atoms with van der Waals surface area (Å²) in [7, 11) is 0. The van der Waals surface area contributed by atoms with Crippen molar-refractivity contribution in [2.45, 2.75) is 24.8 Å². The number of amides is 1. The first-order valence-corrected chi connectivity index (χ1v) is 5.10. The van der Waals surface area contributed by atoms with E-state index in [4.69, 9.17) is 5.73 Å². The third kappa shape index (κ3) is 4.12. The lowest BCUT2D eigenvalue weighted by Crippen LogP contribution is -2.37. The van der Waals surface area contributed by atoms with E-state index in [1.165, 1.54) is 4.90 Å². The van der Waals surface area contributed by atoms with E-state index in [1.807, 2.05) is 0 Å². The maximum Gasteiger partial charge on any atom is 0.330 e. The van der Waals surface area contributed by atoms with Gasteiger partial charge >= 0.3 is 12.3 Å². The van der Waals surface area contributed by atoms with Crippen molar-refractivity contribution in [1.29, 1.82) is 0 Å². The van der Waals surface area contributed by atoms with Crippen molar-refractivity contribution < 1.29 is 27.1 Å². The smallest absolute Gasteiger partial charge is 0.330 e. The van der Waals surface area contributed by atoms with Gasteiger partial charge in [-0.15, -0.1) is 0 Å². The summed E-state index contributed by atoms with van der Waals surface area (Å²) in [6.45, 7) is -1.31. The summed E-state index contributed by atoms with van der Waals surface area (Å²) in [5.74, 6) is -4.73. The highest BCUT2D eigenvalue weighted by Gasteiger charge is 2.41. The predicted molar refractivity (Wildman–Crippen MR) is 50.9 cm³/mol. The maximum absolute atomic E-state index is 12.4. The molecule has 0 radical (unpaired) electrons. The number of carbonyl (C=O) groups is 1. The van der Waals surface area contributed by atoms with Gasteiger partial charge in [0.1, 0.15) is 13.2 Å².